The van der Waals surface area contributed by atoms with E-state index in [-0.39, 0.29) is 11.9 Å². The fourth-order valence-corrected chi connectivity index (χ4v) is 0.874. The highest BCUT2D eigenvalue weighted by Gasteiger charge is 2.10. The summed E-state index contributed by atoms with van der Waals surface area (Å²) in [5, 5.41) is 9.82. The van der Waals surface area contributed by atoms with Crippen molar-refractivity contribution < 1.29 is 4.79 Å². The molecule has 2 rings (SSSR count). The number of hydrogen-bond acceptors (Lipinski definition) is 5. The number of H-pyrrole nitrogens is 1. The number of hydrogen-bond donors (Lipinski definition) is 2. The summed E-state index contributed by atoms with van der Waals surface area (Å²) >= 11 is 0. The average Bonchev–Trinajstić information content (AvgIpc) is 2.72. The molecule has 0 saturated carbocycles. The molecule has 0 aliphatic carbocycles. The van der Waals surface area contributed by atoms with E-state index in [2.05, 4.69) is 20.3 Å². The van der Waals surface area contributed by atoms with Crippen LogP contribution < -0.4 is 5.73 Å². The van der Waals surface area contributed by atoms with Crippen molar-refractivity contribution >= 4 is 11.9 Å². The Labute approximate surface area is 72.6 Å². The van der Waals surface area contributed by atoms with Gasteiger partial charge in [-0.1, -0.05) is 0 Å². The number of carbonyl (C=O) groups excluding carboxylic acids is 1. The summed E-state index contributed by atoms with van der Waals surface area (Å²) in [4.78, 5) is 15.1. The highest BCUT2D eigenvalue weighted by molar-refractivity contribution is 5.94. The van der Waals surface area contributed by atoms with E-state index in [1.165, 1.54) is 18.7 Å². The summed E-state index contributed by atoms with van der Waals surface area (Å²) in [7, 11) is 0. The van der Waals surface area contributed by atoms with Crippen LogP contribution >= 0.6 is 0 Å². The minimum Gasteiger partial charge on any atom is -0.366 e. The van der Waals surface area contributed by atoms with Crippen LogP contribution in [0.15, 0.2) is 18.7 Å². The van der Waals surface area contributed by atoms with Gasteiger partial charge in [-0.2, -0.15) is 9.78 Å². The number of aromatic amines is 1. The lowest BCUT2D eigenvalue weighted by Gasteiger charge is -1.92. The number of nitrogens with zero attached hydrogens (tertiary/aromatic N) is 4. The first-order chi connectivity index (χ1) is 6.27. The second kappa shape index (κ2) is 2.70. The van der Waals surface area contributed by atoms with Gasteiger partial charge in [0, 0.05) is 6.20 Å². The summed E-state index contributed by atoms with van der Waals surface area (Å²) in [5.74, 6) is -0.255. The summed E-state index contributed by atoms with van der Waals surface area (Å²) in [6.07, 6.45) is 4.13. The van der Waals surface area contributed by atoms with E-state index in [0.717, 1.165) is 4.68 Å². The molecular weight excluding hydrogens is 172 g/mol. The van der Waals surface area contributed by atoms with Gasteiger partial charge >= 0.3 is 0 Å². The minimum atomic E-state index is -0.321. The van der Waals surface area contributed by atoms with Crippen molar-refractivity contribution in [3.05, 3.63) is 24.3 Å². The Balaban J connectivity index is 2.33. The number of anilines is 1. The molecule has 0 fully saturated rings. The van der Waals surface area contributed by atoms with E-state index >= 15 is 0 Å². The summed E-state index contributed by atoms with van der Waals surface area (Å²) in [6, 6.07) is 0. The third kappa shape index (κ3) is 1.26. The van der Waals surface area contributed by atoms with Crippen molar-refractivity contribution in [1.82, 2.24) is 25.0 Å². The number of nitrogens with two attached hydrogens (primary N) is 1. The van der Waals surface area contributed by atoms with E-state index in [4.69, 9.17) is 5.73 Å². The Kier molecular flexibility index (Phi) is 1.55. The summed E-state index contributed by atoms with van der Waals surface area (Å²) in [5.41, 5.74) is 5.66. The van der Waals surface area contributed by atoms with Crippen LogP contribution in [0.5, 0.6) is 0 Å². The molecule has 0 bridgehead atoms. The molecule has 0 saturated heterocycles. The van der Waals surface area contributed by atoms with Gasteiger partial charge in [0.25, 0.3) is 5.91 Å². The molecule has 2 aromatic heterocycles. The maximum absolute atomic E-state index is 11.5. The molecule has 0 unspecified atom stereocenters. The lowest BCUT2D eigenvalue weighted by Crippen LogP contribution is -2.11. The lowest BCUT2D eigenvalue weighted by atomic mass is 10.3. The zero-order valence-electron chi connectivity index (χ0n) is 6.51. The lowest BCUT2D eigenvalue weighted by molar-refractivity contribution is 0.0945. The SMILES string of the molecule is Nc1ncn(C(=O)c2cn[nH]c2)n1. The number of nitrogen functional groups attached to an aromatic ring is 1. The predicted octanol–water partition coefficient (Wildman–Crippen LogP) is -0.728. The third-order valence-corrected chi connectivity index (χ3v) is 1.46. The molecule has 66 valence electrons. The van der Waals surface area contributed by atoms with E-state index in [9.17, 15) is 4.79 Å². The van der Waals surface area contributed by atoms with Gasteiger partial charge in [0.1, 0.15) is 6.33 Å². The smallest absolute Gasteiger partial charge is 0.282 e. The van der Waals surface area contributed by atoms with Crippen molar-refractivity contribution in [3.8, 4) is 0 Å². The Morgan fingerprint density at radius 2 is 2.46 bits per heavy atom. The number of nitrogens with one attached hydrogen (secondary N) is 1. The predicted molar refractivity (Wildman–Crippen MR) is 42.8 cm³/mol. The first kappa shape index (κ1) is 7.47. The molecule has 7 nitrogen and oxygen atoms in total. The van der Waals surface area contributed by atoms with Gasteiger partial charge in [-0.05, 0) is 0 Å². The molecule has 0 atom stereocenters. The first-order valence-electron chi connectivity index (χ1n) is 3.48. The largest absolute Gasteiger partial charge is 0.366 e. The second-order valence-corrected chi connectivity index (χ2v) is 2.34. The topological polar surface area (TPSA) is 102 Å². The van der Waals surface area contributed by atoms with Crippen LogP contribution in [0.25, 0.3) is 0 Å². The monoisotopic (exact) mass is 178 g/mol. The third-order valence-electron chi connectivity index (χ3n) is 1.46. The Bertz CT molecular complexity index is 416. The van der Waals surface area contributed by atoms with Crippen LogP contribution in [0.2, 0.25) is 0 Å². The van der Waals surface area contributed by atoms with E-state index in [1.54, 1.807) is 0 Å². The van der Waals surface area contributed by atoms with Crippen molar-refractivity contribution in [1.29, 1.82) is 0 Å². The maximum Gasteiger partial charge on any atom is 0.282 e. The quantitative estimate of drug-likeness (QED) is 0.599. The number of aromatic nitrogens is 5. The molecule has 2 aromatic rings. The Hall–Kier alpha value is -2.18. The van der Waals surface area contributed by atoms with Crippen molar-refractivity contribution in [3.63, 3.8) is 0 Å². The van der Waals surface area contributed by atoms with E-state index < -0.39 is 0 Å². The molecular formula is C6H6N6O. The Morgan fingerprint density at radius 1 is 1.62 bits per heavy atom. The molecule has 2 heterocycles. The first-order valence-corrected chi connectivity index (χ1v) is 3.48. The van der Waals surface area contributed by atoms with Crippen molar-refractivity contribution in [2.45, 2.75) is 0 Å². The van der Waals surface area contributed by atoms with Crippen LogP contribution in [0.4, 0.5) is 5.95 Å². The molecule has 0 aromatic carbocycles. The van der Waals surface area contributed by atoms with Crippen LogP contribution in [-0.4, -0.2) is 30.9 Å². The van der Waals surface area contributed by atoms with Gasteiger partial charge in [-0.25, -0.2) is 4.98 Å². The fraction of sp³-hybridized carbons (Fsp3) is 0. The van der Waals surface area contributed by atoms with Crippen molar-refractivity contribution in [2.75, 3.05) is 5.73 Å². The van der Waals surface area contributed by atoms with E-state index in [1.807, 2.05) is 0 Å². The van der Waals surface area contributed by atoms with Crippen LogP contribution in [0.1, 0.15) is 10.4 Å². The number of rotatable bonds is 1. The van der Waals surface area contributed by atoms with Gasteiger partial charge in [0.2, 0.25) is 5.95 Å². The van der Waals surface area contributed by atoms with Crippen LogP contribution in [0.3, 0.4) is 0 Å². The summed E-state index contributed by atoms with van der Waals surface area (Å²) in [6.45, 7) is 0. The Morgan fingerprint density at radius 3 is 3.00 bits per heavy atom. The van der Waals surface area contributed by atoms with E-state index in [0.29, 0.717) is 5.56 Å². The normalized spacial score (nSPS) is 10.2. The zero-order chi connectivity index (χ0) is 9.26. The van der Waals surface area contributed by atoms with Crippen LogP contribution in [-0.2, 0) is 0 Å². The molecule has 0 aliphatic rings. The highest BCUT2D eigenvalue weighted by Crippen LogP contribution is 1.98. The standard InChI is InChI=1S/C6H6N6O/c7-6-8-3-12(11-6)5(13)4-1-9-10-2-4/h1-3H,(H2,7,11)(H,9,10). The average molecular weight is 178 g/mol. The molecule has 0 aliphatic heterocycles. The number of carbonyl (C=O) groups is 1. The maximum atomic E-state index is 11.5. The molecule has 0 spiro atoms. The molecule has 3 N–H and O–H groups in total. The molecule has 13 heavy (non-hydrogen) atoms. The van der Waals surface area contributed by atoms with Crippen LogP contribution in [0, 0.1) is 0 Å². The van der Waals surface area contributed by atoms with Crippen molar-refractivity contribution in [2.24, 2.45) is 0 Å². The van der Waals surface area contributed by atoms with Gasteiger partial charge in [-0.3, -0.25) is 9.89 Å². The minimum absolute atomic E-state index is 0.0665. The fourth-order valence-electron chi connectivity index (χ4n) is 0.874. The van der Waals surface area contributed by atoms with Gasteiger partial charge in [0.15, 0.2) is 0 Å². The molecule has 0 amide bonds. The zero-order valence-corrected chi connectivity index (χ0v) is 6.51. The van der Waals surface area contributed by atoms with Gasteiger partial charge in [-0.15, -0.1) is 5.10 Å². The highest BCUT2D eigenvalue weighted by atomic mass is 16.2. The molecule has 0 radical (unpaired) electrons. The van der Waals surface area contributed by atoms with Gasteiger partial charge in [0.05, 0.1) is 11.8 Å². The summed E-state index contributed by atoms with van der Waals surface area (Å²) < 4.78 is 1.06. The molecule has 7 heteroatoms. The van der Waals surface area contributed by atoms with Gasteiger partial charge < -0.3 is 5.73 Å². The second-order valence-electron chi connectivity index (χ2n) is 2.34.